The Kier molecular flexibility index (Phi) is 6.72. The third-order valence-corrected chi connectivity index (χ3v) is 6.08. The lowest BCUT2D eigenvalue weighted by Gasteiger charge is -2.18. The number of benzene rings is 2. The van der Waals surface area contributed by atoms with E-state index in [1.807, 2.05) is 57.2 Å². The summed E-state index contributed by atoms with van der Waals surface area (Å²) in [4.78, 5) is 12.1. The van der Waals surface area contributed by atoms with Crippen LogP contribution in [0.4, 0.5) is 0 Å². The number of hydrogen-bond acceptors (Lipinski definition) is 3. The molecule has 0 aliphatic heterocycles. The predicted molar refractivity (Wildman–Crippen MR) is 104 cm³/mol. The van der Waals surface area contributed by atoms with Gasteiger partial charge in [0.25, 0.3) is 0 Å². The fraction of sp³-hybridized carbons (Fsp3) is 0.381. The third-order valence-electron chi connectivity index (χ3n) is 3.58. The minimum Gasteiger partial charge on any atom is -0.294 e. The van der Waals surface area contributed by atoms with Crippen LogP contribution in [0.2, 0.25) is 0 Å². The predicted octanol–water partition coefficient (Wildman–Crippen LogP) is 5.17. The molecular formula is C21H28O3S. The Morgan fingerprint density at radius 1 is 0.720 bits per heavy atom. The third kappa shape index (κ3) is 5.82. The molecule has 0 bridgehead atoms. The van der Waals surface area contributed by atoms with Gasteiger partial charge in [0.2, 0.25) is 0 Å². The number of ketones is 1. The number of carbonyl (C=O) groups is 1. The summed E-state index contributed by atoms with van der Waals surface area (Å²) in [6.07, 6.45) is 0. The van der Waals surface area contributed by atoms with Gasteiger partial charge >= 0.3 is 0 Å². The Bertz CT molecular complexity index is 779. The molecule has 2 rings (SSSR count). The van der Waals surface area contributed by atoms with E-state index in [4.69, 9.17) is 0 Å². The summed E-state index contributed by atoms with van der Waals surface area (Å²) in [5.41, 5.74) is 0.520. The molecule has 0 amide bonds. The number of rotatable bonds is 2. The van der Waals surface area contributed by atoms with Gasteiger partial charge in [-0.1, -0.05) is 69.3 Å². The molecule has 0 heterocycles. The van der Waals surface area contributed by atoms with Crippen LogP contribution in [0.5, 0.6) is 0 Å². The molecule has 136 valence electrons. The first kappa shape index (κ1) is 21.1. The average Bonchev–Trinajstić information content (AvgIpc) is 2.54. The van der Waals surface area contributed by atoms with E-state index in [0.717, 1.165) is 5.56 Å². The molecule has 0 saturated heterocycles. The second kappa shape index (κ2) is 7.96. The monoisotopic (exact) mass is 360 g/mol. The topological polar surface area (TPSA) is 51.2 Å². The Morgan fingerprint density at radius 3 is 1.48 bits per heavy atom. The molecule has 25 heavy (non-hydrogen) atoms. The van der Waals surface area contributed by atoms with Gasteiger partial charge in [-0.25, -0.2) is 8.42 Å². The normalized spacial score (nSPS) is 12.1. The molecule has 2 aromatic rings. The maximum Gasteiger partial charge on any atom is 0.183 e. The highest BCUT2D eigenvalue weighted by molar-refractivity contribution is 7.92. The highest BCUT2D eigenvalue weighted by Gasteiger charge is 2.30. The largest absolute Gasteiger partial charge is 0.294 e. The van der Waals surface area contributed by atoms with Crippen molar-refractivity contribution in [3.63, 3.8) is 0 Å². The van der Waals surface area contributed by atoms with E-state index in [0.29, 0.717) is 4.90 Å². The fourth-order valence-corrected chi connectivity index (χ4v) is 3.20. The van der Waals surface area contributed by atoms with Gasteiger partial charge in [0, 0.05) is 11.0 Å². The van der Waals surface area contributed by atoms with E-state index in [2.05, 4.69) is 0 Å². The molecule has 0 aliphatic rings. The maximum atomic E-state index is 11.9. The van der Waals surface area contributed by atoms with Crippen molar-refractivity contribution >= 4 is 15.6 Å². The van der Waals surface area contributed by atoms with Crippen molar-refractivity contribution in [2.75, 3.05) is 0 Å². The van der Waals surface area contributed by atoms with Gasteiger partial charge in [0.1, 0.15) is 0 Å². The van der Waals surface area contributed by atoms with E-state index in [1.54, 1.807) is 45.0 Å². The Morgan fingerprint density at radius 2 is 1.12 bits per heavy atom. The summed E-state index contributed by atoms with van der Waals surface area (Å²) in [5.74, 6) is 0.197. The summed E-state index contributed by atoms with van der Waals surface area (Å²) in [6.45, 7) is 10.9. The van der Waals surface area contributed by atoms with Crippen molar-refractivity contribution in [3.05, 3.63) is 66.2 Å². The molecule has 3 nitrogen and oxygen atoms in total. The second-order valence-corrected chi connectivity index (χ2v) is 10.6. The van der Waals surface area contributed by atoms with Crippen LogP contribution in [0, 0.1) is 5.41 Å². The first-order chi connectivity index (χ1) is 11.4. The highest BCUT2D eigenvalue weighted by Crippen LogP contribution is 2.24. The van der Waals surface area contributed by atoms with Gasteiger partial charge < -0.3 is 0 Å². The van der Waals surface area contributed by atoms with Crippen LogP contribution in [0.25, 0.3) is 0 Å². The molecule has 2 aromatic carbocycles. The Hall–Kier alpha value is -1.94. The SMILES string of the molecule is CC(C)(C)C(=O)c1ccccc1.CC(C)(C)S(=O)(=O)c1ccccc1. The zero-order valence-corrected chi connectivity index (χ0v) is 16.7. The summed E-state index contributed by atoms with van der Waals surface area (Å²) in [6, 6.07) is 17.9. The quantitative estimate of drug-likeness (QED) is 0.694. The lowest BCUT2D eigenvalue weighted by Crippen LogP contribution is -2.27. The van der Waals surface area contributed by atoms with Crippen LogP contribution in [-0.4, -0.2) is 18.9 Å². The van der Waals surface area contributed by atoms with Crippen molar-refractivity contribution < 1.29 is 13.2 Å². The molecule has 0 atom stereocenters. The zero-order chi connectivity index (χ0) is 19.3. The standard InChI is InChI=1S/C11H14O.C10H14O2S/c1-11(2,3)10(12)9-7-5-4-6-8-9;1-10(2,3)13(11,12)9-7-5-4-6-8-9/h4-8H,1-3H3;4-8H,1-3H3. The van der Waals surface area contributed by atoms with Crippen molar-refractivity contribution in [3.8, 4) is 0 Å². The first-order valence-electron chi connectivity index (χ1n) is 8.27. The van der Waals surface area contributed by atoms with Crippen LogP contribution in [0.15, 0.2) is 65.6 Å². The van der Waals surface area contributed by atoms with Crippen molar-refractivity contribution in [2.24, 2.45) is 5.41 Å². The van der Waals surface area contributed by atoms with Crippen LogP contribution in [0.3, 0.4) is 0 Å². The number of Topliss-reactive ketones (excluding diaryl/α,β-unsaturated/α-hetero) is 1. The molecule has 0 aromatic heterocycles. The smallest absolute Gasteiger partial charge is 0.183 e. The summed E-state index contributed by atoms with van der Waals surface area (Å²) >= 11 is 0. The molecule has 4 heteroatoms. The zero-order valence-electron chi connectivity index (χ0n) is 15.9. The second-order valence-electron chi connectivity index (χ2n) is 7.87. The number of sulfone groups is 1. The molecule has 0 radical (unpaired) electrons. The van der Waals surface area contributed by atoms with Crippen LogP contribution in [-0.2, 0) is 9.84 Å². The average molecular weight is 361 g/mol. The highest BCUT2D eigenvalue weighted by atomic mass is 32.2. The van der Waals surface area contributed by atoms with Gasteiger partial charge in [-0.3, -0.25) is 4.79 Å². The Labute approximate surface area is 152 Å². The van der Waals surface area contributed by atoms with E-state index < -0.39 is 14.6 Å². The van der Waals surface area contributed by atoms with Crippen molar-refractivity contribution in [2.45, 2.75) is 51.2 Å². The molecule has 0 saturated carbocycles. The fourth-order valence-electron chi connectivity index (χ4n) is 1.98. The van der Waals surface area contributed by atoms with Gasteiger partial charge in [-0.2, -0.15) is 0 Å². The van der Waals surface area contributed by atoms with E-state index in [1.165, 1.54) is 0 Å². The molecule has 0 aliphatic carbocycles. The molecule has 0 unspecified atom stereocenters. The minimum absolute atomic E-state index is 0.197. The summed E-state index contributed by atoms with van der Waals surface area (Å²) in [7, 11) is -3.18. The lowest BCUT2D eigenvalue weighted by atomic mass is 9.87. The van der Waals surface area contributed by atoms with Crippen molar-refractivity contribution in [1.29, 1.82) is 0 Å². The van der Waals surface area contributed by atoms with Crippen molar-refractivity contribution in [1.82, 2.24) is 0 Å². The summed E-state index contributed by atoms with van der Waals surface area (Å²) in [5, 5.41) is 0. The number of hydrogen-bond donors (Lipinski definition) is 0. The first-order valence-corrected chi connectivity index (χ1v) is 9.75. The minimum atomic E-state index is -3.18. The van der Waals surface area contributed by atoms with Gasteiger partial charge in [-0.15, -0.1) is 0 Å². The molecule has 0 spiro atoms. The van der Waals surface area contributed by atoms with E-state index >= 15 is 0 Å². The molecule has 0 N–H and O–H groups in total. The van der Waals surface area contributed by atoms with E-state index in [-0.39, 0.29) is 11.2 Å². The summed E-state index contributed by atoms with van der Waals surface area (Å²) < 4.78 is 23.0. The Balaban J connectivity index is 0.000000251. The van der Waals surface area contributed by atoms with Crippen LogP contribution >= 0.6 is 0 Å². The molecule has 0 fully saturated rings. The van der Waals surface area contributed by atoms with Gasteiger partial charge in [0.15, 0.2) is 15.6 Å². The van der Waals surface area contributed by atoms with E-state index in [9.17, 15) is 13.2 Å². The lowest BCUT2D eigenvalue weighted by molar-refractivity contribution is 0.0858. The van der Waals surface area contributed by atoms with Gasteiger partial charge in [0.05, 0.1) is 9.64 Å². The number of carbonyl (C=O) groups excluding carboxylic acids is 1. The van der Waals surface area contributed by atoms with Crippen LogP contribution in [0.1, 0.15) is 51.9 Å². The van der Waals surface area contributed by atoms with Crippen LogP contribution < -0.4 is 0 Å². The maximum absolute atomic E-state index is 11.9. The van der Waals surface area contributed by atoms with Gasteiger partial charge in [-0.05, 0) is 32.9 Å². The molecular weight excluding hydrogens is 332 g/mol.